The van der Waals surface area contributed by atoms with Crippen molar-refractivity contribution in [1.29, 1.82) is 0 Å². The van der Waals surface area contributed by atoms with Crippen molar-refractivity contribution in [2.24, 2.45) is 0 Å². The molecular weight excluding hydrogens is 245 g/mol. The first-order valence-electron chi connectivity index (χ1n) is 4.80. The van der Waals surface area contributed by atoms with E-state index in [1.165, 1.54) is 13.2 Å². The number of hydrogen-bond acceptors (Lipinski definition) is 5. The van der Waals surface area contributed by atoms with E-state index in [1.807, 2.05) is 0 Å². The molecule has 0 amide bonds. The van der Waals surface area contributed by atoms with Gasteiger partial charge >= 0.3 is 5.97 Å². The Bertz CT molecular complexity index is 607. The molecule has 1 aromatic heterocycles. The number of methoxy groups -OCH3 is 1. The van der Waals surface area contributed by atoms with Gasteiger partial charge in [-0.3, -0.25) is 0 Å². The van der Waals surface area contributed by atoms with Gasteiger partial charge in [-0.05, 0) is 12.1 Å². The number of phenols is 1. The molecule has 0 radical (unpaired) electrons. The molecule has 0 unspecified atom stereocenters. The molecule has 94 valence electrons. The topological polar surface area (TPSA) is 92.8 Å². The second-order valence-corrected chi connectivity index (χ2v) is 3.36. The first kappa shape index (κ1) is 11.9. The Kier molecular flexibility index (Phi) is 2.88. The van der Waals surface area contributed by atoms with Crippen molar-refractivity contribution >= 4 is 5.97 Å². The summed E-state index contributed by atoms with van der Waals surface area (Å²) in [6.07, 6.45) is 0. The number of benzene rings is 1. The van der Waals surface area contributed by atoms with Crippen LogP contribution in [0, 0.1) is 5.82 Å². The molecule has 1 heterocycles. The highest BCUT2D eigenvalue weighted by atomic mass is 19.1. The van der Waals surface area contributed by atoms with Crippen LogP contribution in [0.1, 0.15) is 10.5 Å². The van der Waals surface area contributed by atoms with Crippen LogP contribution in [0.25, 0.3) is 11.3 Å². The van der Waals surface area contributed by atoms with E-state index >= 15 is 0 Å². The second-order valence-electron chi connectivity index (χ2n) is 3.36. The van der Waals surface area contributed by atoms with E-state index in [0.29, 0.717) is 0 Å². The molecule has 0 bridgehead atoms. The number of carboxylic acid groups (broad SMARTS) is 1. The summed E-state index contributed by atoms with van der Waals surface area (Å²) in [6.45, 7) is 0. The van der Waals surface area contributed by atoms with Gasteiger partial charge in [0.2, 0.25) is 0 Å². The van der Waals surface area contributed by atoms with Gasteiger partial charge in [0.05, 0.1) is 12.7 Å². The van der Waals surface area contributed by atoms with Crippen LogP contribution in [-0.4, -0.2) is 28.4 Å². The lowest BCUT2D eigenvalue weighted by atomic mass is 10.1. The summed E-state index contributed by atoms with van der Waals surface area (Å²) in [5.74, 6) is -2.83. The summed E-state index contributed by atoms with van der Waals surface area (Å²) in [4.78, 5) is 10.6. The van der Waals surface area contributed by atoms with Crippen molar-refractivity contribution < 1.29 is 28.7 Å². The van der Waals surface area contributed by atoms with E-state index in [4.69, 9.17) is 9.63 Å². The standard InChI is InChI=1S/C11H8FNO5/c1-17-10-6(12)3-2-5(9(10)14)8-4-7(11(15)16)13-18-8/h2-4,14H,1H3,(H,15,16). The summed E-state index contributed by atoms with van der Waals surface area (Å²) in [7, 11) is 1.20. The van der Waals surface area contributed by atoms with Crippen LogP contribution < -0.4 is 4.74 Å². The van der Waals surface area contributed by atoms with Crippen molar-refractivity contribution in [3.8, 4) is 22.8 Å². The van der Waals surface area contributed by atoms with Gasteiger partial charge in [0.25, 0.3) is 0 Å². The molecule has 0 aliphatic carbocycles. The van der Waals surface area contributed by atoms with E-state index in [9.17, 15) is 14.3 Å². The smallest absolute Gasteiger partial charge is 0.358 e. The monoisotopic (exact) mass is 253 g/mol. The molecule has 0 saturated carbocycles. The van der Waals surface area contributed by atoms with Crippen molar-refractivity contribution in [1.82, 2.24) is 5.16 Å². The molecular formula is C11H8FNO5. The fourth-order valence-corrected chi connectivity index (χ4v) is 1.44. The van der Waals surface area contributed by atoms with Gasteiger partial charge in [-0.2, -0.15) is 0 Å². The van der Waals surface area contributed by atoms with Crippen molar-refractivity contribution in [3.05, 3.63) is 29.7 Å². The van der Waals surface area contributed by atoms with Crippen LogP contribution in [-0.2, 0) is 0 Å². The normalized spacial score (nSPS) is 10.3. The third-order valence-electron chi connectivity index (χ3n) is 2.28. The first-order chi connectivity index (χ1) is 8.54. The van der Waals surface area contributed by atoms with Crippen LogP contribution in [0.4, 0.5) is 4.39 Å². The Labute approximate surface area is 100 Å². The maximum absolute atomic E-state index is 13.3. The number of nitrogens with zero attached hydrogens (tertiary/aromatic N) is 1. The number of ether oxygens (including phenoxy) is 1. The SMILES string of the molecule is COc1c(F)ccc(-c2cc(C(=O)O)no2)c1O. The summed E-state index contributed by atoms with van der Waals surface area (Å²) >= 11 is 0. The molecule has 7 heteroatoms. The molecule has 2 aromatic rings. The first-order valence-corrected chi connectivity index (χ1v) is 4.80. The summed E-state index contributed by atoms with van der Waals surface area (Å²) in [6, 6.07) is 3.42. The Morgan fingerprint density at radius 3 is 2.78 bits per heavy atom. The van der Waals surface area contributed by atoms with E-state index in [1.54, 1.807) is 0 Å². The number of aromatic nitrogens is 1. The second kappa shape index (κ2) is 4.36. The molecule has 1 aromatic carbocycles. The van der Waals surface area contributed by atoms with Crippen molar-refractivity contribution in [3.63, 3.8) is 0 Å². The van der Waals surface area contributed by atoms with Crippen molar-refractivity contribution in [2.45, 2.75) is 0 Å². The molecule has 6 nitrogen and oxygen atoms in total. The average molecular weight is 253 g/mol. The van der Waals surface area contributed by atoms with Crippen LogP contribution in [0.3, 0.4) is 0 Å². The highest BCUT2D eigenvalue weighted by molar-refractivity contribution is 5.87. The van der Waals surface area contributed by atoms with Crippen LogP contribution >= 0.6 is 0 Å². The van der Waals surface area contributed by atoms with Gasteiger partial charge in [-0.25, -0.2) is 9.18 Å². The molecule has 18 heavy (non-hydrogen) atoms. The summed E-state index contributed by atoms with van der Waals surface area (Å²) in [5.41, 5.74) is -0.221. The van der Waals surface area contributed by atoms with Crippen LogP contribution in [0.15, 0.2) is 22.7 Å². The molecule has 0 atom stereocenters. The number of aromatic carboxylic acids is 1. The number of halogens is 1. The summed E-state index contributed by atoms with van der Waals surface area (Å²) < 4.78 is 22.7. The van der Waals surface area contributed by atoms with Gasteiger partial charge in [0.15, 0.2) is 28.8 Å². The maximum Gasteiger partial charge on any atom is 0.358 e. The predicted octanol–water partition coefficient (Wildman–Crippen LogP) is 1.89. The van der Waals surface area contributed by atoms with E-state index in [-0.39, 0.29) is 22.8 Å². The number of carboxylic acids is 1. The number of phenolic OH excluding ortho intramolecular Hbond substituents is 1. The quantitative estimate of drug-likeness (QED) is 0.867. The van der Waals surface area contributed by atoms with Crippen LogP contribution in [0.2, 0.25) is 0 Å². The predicted molar refractivity (Wildman–Crippen MR) is 57.1 cm³/mol. The van der Waals surface area contributed by atoms with Crippen molar-refractivity contribution in [2.75, 3.05) is 7.11 Å². The fraction of sp³-hybridized carbons (Fsp3) is 0.0909. The van der Waals surface area contributed by atoms with Crippen LogP contribution in [0.5, 0.6) is 11.5 Å². The zero-order valence-corrected chi connectivity index (χ0v) is 9.18. The van der Waals surface area contributed by atoms with E-state index in [2.05, 4.69) is 9.89 Å². The molecule has 0 saturated heterocycles. The number of hydrogen-bond donors (Lipinski definition) is 2. The Hall–Kier alpha value is -2.57. The zero-order chi connectivity index (χ0) is 13.3. The Balaban J connectivity index is 2.53. The number of rotatable bonds is 3. The lowest BCUT2D eigenvalue weighted by molar-refractivity contribution is 0.0686. The molecule has 0 fully saturated rings. The third-order valence-corrected chi connectivity index (χ3v) is 2.28. The fourth-order valence-electron chi connectivity index (χ4n) is 1.44. The Morgan fingerprint density at radius 1 is 1.50 bits per heavy atom. The highest BCUT2D eigenvalue weighted by Crippen LogP contribution is 2.38. The lowest BCUT2D eigenvalue weighted by Gasteiger charge is -2.07. The largest absolute Gasteiger partial charge is 0.504 e. The molecule has 0 spiro atoms. The minimum absolute atomic E-state index is 0.00296. The number of aromatic hydroxyl groups is 1. The highest BCUT2D eigenvalue weighted by Gasteiger charge is 2.19. The van der Waals surface area contributed by atoms with Gasteiger partial charge < -0.3 is 19.5 Å². The molecule has 2 rings (SSSR count). The minimum atomic E-state index is -1.27. The van der Waals surface area contributed by atoms with E-state index in [0.717, 1.165) is 12.1 Å². The third kappa shape index (κ3) is 1.86. The average Bonchev–Trinajstić information content (AvgIpc) is 2.79. The Morgan fingerprint density at radius 2 is 2.22 bits per heavy atom. The van der Waals surface area contributed by atoms with E-state index < -0.39 is 17.5 Å². The van der Waals surface area contributed by atoms with Gasteiger partial charge in [0.1, 0.15) is 0 Å². The summed E-state index contributed by atoms with van der Waals surface area (Å²) in [5, 5.41) is 21.8. The molecule has 0 aliphatic heterocycles. The van der Waals surface area contributed by atoms with Gasteiger partial charge in [-0.15, -0.1) is 0 Å². The zero-order valence-electron chi connectivity index (χ0n) is 9.18. The molecule has 0 aliphatic rings. The van der Waals surface area contributed by atoms with Gasteiger partial charge in [0, 0.05) is 6.07 Å². The molecule has 2 N–H and O–H groups in total. The van der Waals surface area contributed by atoms with Gasteiger partial charge in [-0.1, -0.05) is 5.16 Å². The minimum Gasteiger partial charge on any atom is -0.504 e. The maximum atomic E-state index is 13.3. The lowest BCUT2D eigenvalue weighted by Crippen LogP contribution is -1.94. The number of carbonyl (C=O) groups is 1.